The average molecular weight is 244 g/mol. The maximum Gasteiger partial charge on any atom is 0.0447 e. The van der Waals surface area contributed by atoms with Gasteiger partial charge >= 0.3 is 0 Å². The molecule has 2 heterocycles. The highest BCUT2D eigenvalue weighted by Crippen LogP contribution is 2.31. The minimum atomic E-state index is 0.667. The van der Waals surface area contributed by atoms with Gasteiger partial charge in [-0.2, -0.15) is 0 Å². The van der Waals surface area contributed by atoms with E-state index >= 15 is 0 Å². The fourth-order valence-electron chi connectivity index (χ4n) is 3.57. The van der Waals surface area contributed by atoms with Gasteiger partial charge in [0.15, 0.2) is 0 Å². The molecule has 1 atom stereocenters. The summed E-state index contributed by atoms with van der Waals surface area (Å²) in [6, 6.07) is 5.31. The van der Waals surface area contributed by atoms with Gasteiger partial charge in [0, 0.05) is 30.4 Å². The van der Waals surface area contributed by atoms with Crippen LogP contribution < -0.4 is 0 Å². The number of aromatic nitrogens is 1. The number of aryl methyl sites for hydroxylation is 1. The van der Waals surface area contributed by atoms with Crippen LogP contribution in [0.25, 0.3) is 0 Å². The molecule has 0 bridgehead atoms. The third-order valence-electron chi connectivity index (χ3n) is 4.65. The van der Waals surface area contributed by atoms with E-state index in [-0.39, 0.29) is 0 Å². The molecule has 0 spiro atoms. The first kappa shape index (κ1) is 12.2. The van der Waals surface area contributed by atoms with Crippen molar-refractivity contribution in [2.24, 2.45) is 0 Å². The van der Waals surface area contributed by atoms with Crippen LogP contribution in [0.5, 0.6) is 0 Å². The summed E-state index contributed by atoms with van der Waals surface area (Å²) in [4.78, 5) is 7.38. The number of pyridine rings is 1. The maximum absolute atomic E-state index is 4.64. The first-order valence-corrected chi connectivity index (χ1v) is 7.49. The molecule has 1 saturated carbocycles. The summed E-state index contributed by atoms with van der Waals surface area (Å²) >= 11 is 0. The minimum Gasteiger partial charge on any atom is -0.300 e. The summed E-state index contributed by atoms with van der Waals surface area (Å²) in [6.07, 6.45) is 10.4. The van der Waals surface area contributed by atoms with E-state index in [0.29, 0.717) is 5.92 Å². The van der Waals surface area contributed by atoms with Crippen LogP contribution in [-0.2, 0) is 0 Å². The highest BCUT2D eigenvalue weighted by molar-refractivity contribution is 5.16. The molecule has 1 aliphatic carbocycles. The van der Waals surface area contributed by atoms with Crippen molar-refractivity contribution in [1.29, 1.82) is 0 Å². The van der Waals surface area contributed by atoms with Crippen LogP contribution in [0.2, 0.25) is 0 Å². The Morgan fingerprint density at radius 1 is 1.11 bits per heavy atom. The molecule has 0 amide bonds. The van der Waals surface area contributed by atoms with Gasteiger partial charge in [-0.05, 0) is 50.8 Å². The molecule has 2 heteroatoms. The van der Waals surface area contributed by atoms with Gasteiger partial charge in [0.25, 0.3) is 0 Å². The van der Waals surface area contributed by atoms with Crippen LogP contribution in [0.1, 0.15) is 55.7 Å². The third kappa shape index (κ3) is 2.59. The van der Waals surface area contributed by atoms with Gasteiger partial charge in [0.05, 0.1) is 0 Å². The molecule has 0 aromatic carbocycles. The SMILES string of the molecule is Cc1ccc([C@H]2CCCN(C3CCCC3)C2)nc1. The lowest BCUT2D eigenvalue weighted by molar-refractivity contribution is 0.149. The lowest BCUT2D eigenvalue weighted by Gasteiger charge is -2.36. The molecule has 3 rings (SSSR count). The molecule has 0 unspecified atom stereocenters. The Labute approximate surface area is 110 Å². The van der Waals surface area contributed by atoms with Gasteiger partial charge in [-0.3, -0.25) is 9.88 Å². The first-order valence-electron chi connectivity index (χ1n) is 7.49. The zero-order chi connectivity index (χ0) is 12.4. The highest BCUT2D eigenvalue weighted by Gasteiger charge is 2.28. The molecule has 1 aromatic heterocycles. The van der Waals surface area contributed by atoms with Crippen molar-refractivity contribution in [2.45, 2.75) is 57.4 Å². The quantitative estimate of drug-likeness (QED) is 0.791. The third-order valence-corrected chi connectivity index (χ3v) is 4.65. The lowest BCUT2D eigenvalue weighted by atomic mass is 9.93. The van der Waals surface area contributed by atoms with Crippen molar-refractivity contribution in [3.8, 4) is 0 Å². The van der Waals surface area contributed by atoms with Gasteiger partial charge < -0.3 is 0 Å². The van der Waals surface area contributed by atoms with E-state index in [4.69, 9.17) is 0 Å². The van der Waals surface area contributed by atoms with Gasteiger partial charge in [0.2, 0.25) is 0 Å². The molecule has 18 heavy (non-hydrogen) atoms. The molecule has 98 valence electrons. The Hall–Kier alpha value is -0.890. The van der Waals surface area contributed by atoms with E-state index in [1.54, 1.807) is 0 Å². The lowest BCUT2D eigenvalue weighted by Crippen LogP contribution is -2.40. The van der Waals surface area contributed by atoms with Crippen LogP contribution >= 0.6 is 0 Å². The molecule has 1 aliphatic heterocycles. The number of hydrogen-bond acceptors (Lipinski definition) is 2. The number of likely N-dealkylation sites (tertiary alicyclic amines) is 1. The number of piperidine rings is 1. The monoisotopic (exact) mass is 244 g/mol. The van der Waals surface area contributed by atoms with Gasteiger partial charge in [-0.1, -0.05) is 18.9 Å². The van der Waals surface area contributed by atoms with Crippen molar-refractivity contribution in [1.82, 2.24) is 9.88 Å². The maximum atomic E-state index is 4.64. The largest absolute Gasteiger partial charge is 0.300 e. The van der Waals surface area contributed by atoms with Crippen LogP contribution in [0.4, 0.5) is 0 Å². The van der Waals surface area contributed by atoms with Crippen molar-refractivity contribution >= 4 is 0 Å². The molecule has 1 aromatic rings. The Morgan fingerprint density at radius 3 is 2.67 bits per heavy atom. The van der Waals surface area contributed by atoms with Crippen LogP contribution in [0, 0.1) is 6.92 Å². The first-order chi connectivity index (χ1) is 8.83. The zero-order valence-electron chi connectivity index (χ0n) is 11.4. The fraction of sp³-hybridized carbons (Fsp3) is 0.688. The zero-order valence-corrected chi connectivity index (χ0v) is 11.4. The van der Waals surface area contributed by atoms with Gasteiger partial charge in [-0.25, -0.2) is 0 Å². The second kappa shape index (κ2) is 5.40. The van der Waals surface area contributed by atoms with Crippen LogP contribution in [-0.4, -0.2) is 29.0 Å². The van der Waals surface area contributed by atoms with Crippen LogP contribution in [0.15, 0.2) is 18.3 Å². The summed E-state index contributed by atoms with van der Waals surface area (Å²) in [7, 11) is 0. The number of nitrogens with zero attached hydrogens (tertiary/aromatic N) is 2. The van der Waals surface area contributed by atoms with E-state index in [1.807, 2.05) is 6.20 Å². The predicted molar refractivity (Wildman–Crippen MR) is 74.8 cm³/mol. The standard InChI is InChI=1S/C16H24N2/c1-13-8-9-16(17-11-13)14-5-4-10-18(12-14)15-6-2-3-7-15/h8-9,11,14-15H,2-7,10,12H2,1H3/t14-/m0/s1. The Morgan fingerprint density at radius 2 is 1.94 bits per heavy atom. The molecule has 2 aliphatic rings. The van der Waals surface area contributed by atoms with E-state index in [0.717, 1.165) is 6.04 Å². The summed E-state index contributed by atoms with van der Waals surface area (Å²) in [5, 5.41) is 0. The molecule has 2 nitrogen and oxygen atoms in total. The Kier molecular flexibility index (Phi) is 3.64. The molecule has 0 radical (unpaired) electrons. The molecule has 2 fully saturated rings. The van der Waals surface area contributed by atoms with E-state index in [2.05, 4.69) is 28.9 Å². The summed E-state index contributed by atoms with van der Waals surface area (Å²) < 4.78 is 0. The number of rotatable bonds is 2. The minimum absolute atomic E-state index is 0.667. The van der Waals surface area contributed by atoms with Gasteiger partial charge in [-0.15, -0.1) is 0 Å². The Balaban J connectivity index is 1.67. The van der Waals surface area contributed by atoms with Crippen LogP contribution in [0.3, 0.4) is 0 Å². The predicted octanol–water partition coefficient (Wildman–Crippen LogP) is 3.51. The van der Waals surface area contributed by atoms with E-state index in [9.17, 15) is 0 Å². The normalized spacial score (nSPS) is 26.6. The molecule has 0 N–H and O–H groups in total. The van der Waals surface area contributed by atoms with Crippen molar-refractivity contribution in [2.75, 3.05) is 13.1 Å². The highest BCUT2D eigenvalue weighted by atomic mass is 15.2. The topological polar surface area (TPSA) is 16.1 Å². The van der Waals surface area contributed by atoms with Gasteiger partial charge in [0.1, 0.15) is 0 Å². The second-order valence-corrected chi connectivity index (χ2v) is 6.03. The molecular weight excluding hydrogens is 220 g/mol. The summed E-state index contributed by atoms with van der Waals surface area (Å²) in [5.74, 6) is 0.667. The average Bonchev–Trinajstić information content (AvgIpc) is 2.94. The molecular formula is C16H24N2. The van der Waals surface area contributed by atoms with E-state index in [1.165, 1.54) is 62.9 Å². The van der Waals surface area contributed by atoms with Crippen molar-refractivity contribution < 1.29 is 0 Å². The summed E-state index contributed by atoms with van der Waals surface area (Å²) in [6.45, 7) is 4.66. The van der Waals surface area contributed by atoms with E-state index < -0.39 is 0 Å². The summed E-state index contributed by atoms with van der Waals surface area (Å²) in [5.41, 5.74) is 2.57. The number of hydrogen-bond donors (Lipinski definition) is 0. The van der Waals surface area contributed by atoms with Crippen molar-refractivity contribution in [3.05, 3.63) is 29.6 Å². The molecule has 1 saturated heterocycles. The van der Waals surface area contributed by atoms with Crippen molar-refractivity contribution in [3.63, 3.8) is 0 Å². The second-order valence-electron chi connectivity index (χ2n) is 6.03. The smallest absolute Gasteiger partial charge is 0.0447 e. The Bertz CT molecular complexity index is 379. The fourth-order valence-corrected chi connectivity index (χ4v) is 3.57.